The zero-order valence-electron chi connectivity index (χ0n) is 10.5. The highest BCUT2D eigenvalue weighted by Crippen LogP contribution is 2.39. The van der Waals surface area contributed by atoms with E-state index in [0.29, 0.717) is 18.2 Å². The number of methoxy groups -OCH3 is 1. The molecule has 0 saturated heterocycles. The Kier molecular flexibility index (Phi) is 3.36. The van der Waals surface area contributed by atoms with Crippen LogP contribution in [-0.4, -0.2) is 34.2 Å². The highest BCUT2D eigenvalue weighted by atomic mass is 16.5. The van der Waals surface area contributed by atoms with Crippen molar-refractivity contribution in [3.8, 4) is 5.88 Å². The summed E-state index contributed by atoms with van der Waals surface area (Å²) >= 11 is 0. The van der Waals surface area contributed by atoms with Crippen LogP contribution in [0.25, 0.3) is 0 Å². The first-order valence-electron chi connectivity index (χ1n) is 5.93. The number of hydrogen-bond acceptors (Lipinski definition) is 5. The first-order chi connectivity index (χ1) is 8.56. The molecule has 6 heteroatoms. The summed E-state index contributed by atoms with van der Waals surface area (Å²) in [5, 5.41) is 12.4. The van der Waals surface area contributed by atoms with E-state index in [1.54, 1.807) is 19.2 Å². The molecule has 6 nitrogen and oxygen atoms in total. The van der Waals surface area contributed by atoms with E-state index in [1.807, 2.05) is 0 Å². The molecule has 18 heavy (non-hydrogen) atoms. The monoisotopic (exact) mass is 251 g/mol. The smallest absolute Gasteiger partial charge is 0.311 e. The molecule has 98 valence electrons. The van der Waals surface area contributed by atoms with Crippen molar-refractivity contribution >= 4 is 11.9 Å². The summed E-state index contributed by atoms with van der Waals surface area (Å²) in [5.74, 6) is 0.0941. The minimum atomic E-state index is -0.777. The van der Waals surface area contributed by atoms with E-state index in [9.17, 15) is 9.90 Å². The van der Waals surface area contributed by atoms with Crippen LogP contribution in [-0.2, 0) is 4.79 Å². The number of carboxylic acid groups (broad SMARTS) is 1. The van der Waals surface area contributed by atoms with Gasteiger partial charge in [-0.05, 0) is 19.8 Å². The van der Waals surface area contributed by atoms with Crippen molar-refractivity contribution in [2.24, 2.45) is 5.41 Å². The SMILES string of the molecule is COc1ccnc(NC2CCCC2(C)C(=O)O)n1. The number of anilines is 1. The molecule has 2 unspecified atom stereocenters. The summed E-state index contributed by atoms with van der Waals surface area (Å²) < 4.78 is 5.01. The lowest BCUT2D eigenvalue weighted by Gasteiger charge is -2.27. The van der Waals surface area contributed by atoms with Crippen LogP contribution in [0.5, 0.6) is 5.88 Å². The van der Waals surface area contributed by atoms with Gasteiger partial charge in [0.2, 0.25) is 11.8 Å². The summed E-state index contributed by atoms with van der Waals surface area (Å²) in [6, 6.07) is 1.50. The maximum absolute atomic E-state index is 11.3. The van der Waals surface area contributed by atoms with Gasteiger partial charge in [-0.15, -0.1) is 0 Å². The topological polar surface area (TPSA) is 84.3 Å². The Bertz CT molecular complexity index is 452. The van der Waals surface area contributed by atoms with Gasteiger partial charge in [0.25, 0.3) is 0 Å². The summed E-state index contributed by atoms with van der Waals surface area (Å²) in [7, 11) is 1.53. The second-order valence-corrected chi connectivity index (χ2v) is 4.73. The lowest BCUT2D eigenvalue weighted by molar-refractivity contribution is -0.147. The predicted octanol–water partition coefficient (Wildman–Crippen LogP) is 1.54. The molecule has 1 aliphatic rings. The molecular weight excluding hydrogens is 234 g/mol. The normalized spacial score (nSPS) is 26.9. The van der Waals surface area contributed by atoms with Crippen molar-refractivity contribution < 1.29 is 14.6 Å². The minimum Gasteiger partial charge on any atom is -0.481 e. The predicted molar refractivity (Wildman–Crippen MR) is 65.6 cm³/mol. The molecule has 1 heterocycles. The van der Waals surface area contributed by atoms with Gasteiger partial charge in [0.05, 0.1) is 12.5 Å². The van der Waals surface area contributed by atoms with Gasteiger partial charge < -0.3 is 15.2 Å². The van der Waals surface area contributed by atoms with Gasteiger partial charge in [0.15, 0.2) is 0 Å². The molecule has 0 amide bonds. The molecule has 1 saturated carbocycles. The Morgan fingerprint density at radius 1 is 1.67 bits per heavy atom. The Balaban J connectivity index is 2.15. The van der Waals surface area contributed by atoms with Gasteiger partial charge in [-0.25, -0.2) is 4.98 Å². The molecule has 2 atom stereocenters. The Labute approximate surface area is 105 Å². The molecule has 0 aliphatic heterocycles. The summed E-state index contributed by atoms with van der Waals surface area (Å²) in [6.45, 7) is 1.76. The van der Waals surface area contributed by atoms with Crippen LogP contribution >= 0.6 is 0 Å². The number of aromatic nitrogens is 2. The molecule has 2 N–H and O–H groups in total. The molecule has 0 bridgehead atoms. The molecule has 1 aliphatic carbocycles. The van der Waals surface area contributed by atoms with Crippen LogP contribution in [0.1, 0.15) is 26.2 Å². The van der Waals surface area contributed by atoms with Crippen LogP contribution < -0.4 is 10.1 Å². The third-order valence-corrected chi connectivity index (χ3v) is 3.59. The van der Waals surface area contributed by atoms with E-state index in [-0.39, 0.29) is 6.04 Å². The number of hydrogen-bond donors (Lipinski definition) is 2. The number of nitrogens with one attached hydrogen (secondary N) is 1. The third kappa shape index (κ3) is 2.23. The zero-order chi connectivity index (χ0) is 13.2. The van der Waals surface area contributed by atoms with E-state index >= 15 is 0 Å². The fraction of sp³-hybridized carbons (Fsp3) is 0.583. The summed E-state index contributed by atoms with van der Waals surface area (Å²) in [4.78, 5) is 19.6. The number of aliphatic carboxylic acids is 1. The zero-order valence-corrected chi connectivity index (χ0v) is 10.5. The fourth-order valence-electron chi connectivity index (χ4n) is 2.33. The molecule has 1 aromatic rings. The van der Waals surface area contributed by atoms with Gasteiger partial charge in [0.1, 0.15) is 0 Å². The lowest BCUT2D eigenvalue weighted by atomic mass is 9.85. The highest BCUT2D eigenvalue weighted by molar-refractivity contribution is 5.76. The van der Waals surface area contributed by atoms with Crippen molar-refractivity contribution in [2.45, 2.75) is 32.2 Å². The third-order valence-electron chi connectivity index (χ3n) is 3.59. The van der Waals surface area contributed by atoms with E-state index < -0.39 is 11.4 Å². The second kappa shape index (κ2) is 4.80. The van der Waals surface area contributed by atoms with Crippen LogP contribution in [0.4, 0.5) is 5.95 Å². The minimum absolute atomic E-state index is 0.151. The maximum atomic E-state index is 11.3. The number of ether oxygens (including phenoxy) is 1. The Morgan fingerprint density at radius 3 is 3.11 bits per heavy atom. The first kappa shape index (κ1) is 12.6. The summed E-state index contributed by atoms with van der Waals surface area (Å²) in [6.07, 6.45) is 3.96. The first-order valence-corrected chi connectivity index (χ1v) is 5.93. The van der Waals surface area contributed by atoms with Gasteiger partial charge >= 0.3 is 5.97 Å². The molecule has 1 fully saturated rings. The van der Waals surface area contributed by atoms with Crippen molar-refractivity contribution in [3.05, 3.63) is 12.3 Å². The molecule has 0 aromatic carbocycles. The van der Waals surface area contributed by atoms with Gasteiger partial charge in [-0.1, -0.05) is 6.42 Å². The number of nitrogens with zero attached hydrogens (tertiary/aromatic N) is 2. The Hall–Kier alpha value is -1.85. The van der Waals surface area contributed by atoms with Crippen LogP contribution in [0, 0.1) is 5.41 Å². The maximum Gasteiger partial charge on any atom is 0.311 e. The van der Waals surface area contributed by atoms with Gasteiger partial charge in [-0.2, -0.15) is 4.98 Å². The average molecular weight is 251 g/mol. The van der Waals surface area contributed by atoms with E-state index in [2.05, 4.69) is 15.3 Å². The van der Waals surface area contributed by atoms with Crippen molar-refractivity contribution in [1.82, 2.24) is 9.97 Å². The highest BCUT2D eigenvalue weighted by Gasteiger charge is 2.45. The standard InChI is InChI=1S/C12H17N3O3/c1-12(10(16)17)6-3-4-8(12)14-11-13-7-5-9(15-11)18-2/h5,7-8H,3-4,6H2,1-2H3,(H,16,17)(H,13,14,15). The van der Waals surface area contributed by atoms with Crippen LogP contribution in [0.3, 0.4) is 0 Å². The fourth-order valence-corrected chi connectivity index (χ4v) is 2.33. The van der Waals surface area contributed by atoms with Gasteiger partial charge in [-0.3, -0.25) is 4.79 Å². The molecule has 2 rings (SSSR count). The molecule has 1 aromatic heterocycles. The summed E-state index contributed by atoms with van der Waals surface area (Å²) in [5.41, 5.74) is -0.758. The van der Waals surface area contributed by atoms with Crippen molar-refractivity contribution in [1.29, 1.82) is 0 Å². The van der Waals surface area contributed by atoms with Crippen LogP contribution in [0.15, 0.2) is 12.3 Å². The van der Waals surface area contributed by atoms with Crippen molar-refractivity contribution in [2.75, 3.05) is 12.4 Å². The number of carboxylic acids is 1. The number of carbonyl (C=O) groups is 1. The number of rotatable bonds is 4. The van der Waals surface area contributed by atoms with E-state index in [0.717, 1.165) is 12.8 Å². The van der Waals surface area contributed by atoms with E-state index in [1.165, 1.54) is 7.11 Å². The molecule has 0 radical (unpaired) electrons. The van der Waals surface area contributed by atoms with Gasteiger partial charge in [0, 0.05) is 18.3 Å². The average Bonchev–Trinajstić information content (AvgIpc) is 2.73. The Morgan fingerprint density at radius 2 is 2.44 bits per heavy atom. The molecular formula is C12H17N3O3. The largest absolute Gasteiger partial charge is 0.481 e. The van der Waals surface area contributed by atoms with Crippen LogP contribution in [0.2, 0.25) is 0 Å². The van der Waals surface area contributed by atoms with E-state index in [4.69, 9.17) is 4.74 Å². The lowest BCUT2D eigenvalue weighted by Crippen LogP contribution is -2.40. The molecule has 0 spiro atoms. The second-order valence-electron chi connectivity index (χ2n) is 4.73. The van der Waals surface area contributed by atoms with Crippen molar-refractivity contribution in [3.63, 3.8) is 0 Å². The quantitative estimate of drug-likeness (QED) is 0.844.